The normalized spacial score (nSPS) is 22.6. The van der Waals surface area contributed by atoms with Crippen molar-refractivity contribution in [3.05, 3.63) is 84.4 Å². The number of hydrogen-bond donors (Lipinski definition) is 0. The molecule has 2 amide bonds. The minimum absolute atomic E-state index is 0.0972. The van der Waals surface area contributed by atoms with Gasteiger partial charge < -0.3 is 14.1 Å². The van der Waals surface area contributed by atoms with E-state index >= 15 is 4.57 Å². The average Bonchev–Trinajstić information content (AvgIpc) is 3.19. The predicted molar refractivity (Wildman–Crippen MR) is 138 cm³/mol. The number of amides is 2. The Kier molecular flexibility index (Phi) is 6.12. The Labute approximate surface area is 205 Å². The molecule has 180 valence electrons. The third kappa shape index (κ3) is 4.00. The zero-order valence-corrected chi connectivity index (χ0v) is 20.7. The molecule has 0 bridgehead atoms. The van der Waals surface area contributed by atoms with Gasteiger partial charge in [-0.3, -0.25) is 14.2 Å². The van der Waals surface area contributed by atoms with Gasteiger partial charge in [-0.1, -0.05) is 35.9 Å². The molecule has 2 atom stereocenters. The van der Waals surface area contributed by atoms with Crippen LogP contribution >= 0.6 is 7.44 Å². The molecule has 35 heavy (non-hydrogen) atoms. The first-order valence-corrected chi connectivity index (χ1v) is 13.4. The van der Waals surface area contributed by atoms with Crippen LogP contribution < -0.4 is 19.0 Å². The second-order valence-electron chi connectivity index (χ2n) is 8.85. The van der Waals surface area contributed by atoms with Crippen molar-refractivity contribution < 1.29 is 18.9 Å². The van der Waals surface area contributed by atoms with Gasteiger partial charge >= 0.3 is 0 Å². The summed E-state index contributed by atoms with van der Waals surface area (Å²) in [5.74, 6) is -0.0500. The molecule has 7 nitrogen and oxygen atoms in total. The van der Waals surface area contributed by atoms with Crippen LogP contribution in [0.15, 0.2) is 78.9 Å². The maximum atomic E-state index is 15.3. The van der Waals surface area contributed by atoms with E-state index in [1.807, 2.05) is 70.9 Å². The first-order valence-electron chi connectivity index (χ1n) is 11.7. The Morgan fingerprint density at radius 3 is 1.94 bits per heavy atom. The summed E-state index contributed by atoms with van der Waals surface area (Å²) in [6, 6.07) is 24.1. The van der Waals surface area contributed by atoms with E-state index in [0.717, 1.165) is 23.4 Å². The van der Waals surface area contributed by atoms with Crippen LogP contribution in [0.3, 0.4) is 0 Å². The Hall–Kier alpha value is -3.57. The number of carbonyl (C=O) groups excluding carboxylic acids is 2. The zero-order chi connectivity index (χ0) is 24.6. The molecule has 0 radical (unpaired) electrons. The molecule has 8 heteroatoms. The summed E-state index contributed by atoms with van der Waals surface area (Å²) in [7, 11) is -2.00. The van der Waals surface area contributed by atoms with E-state index in [1.54, 1.807) is 31.4 Å². The van der Waals surface area contributed by atoms with Crippen LogP contribution in [-0.2, 0) is 14.2 Å². The molecular weight excluding hydrogens is 461 g/mol. The van der Waals surface area contributed by atoms with Crippen LogP contribution in [0.4, 0.5) is 17.1 Å². The number of rotatable bonds is 5. The number of carbonyl (C=O) groups is 2. The molecule has 2 unspecified atom stereocenters. The van der Waals surface area contributed by atoms with Crippen molar-refractivity contribution in [2.24, 2.45) is 0 Å². The van der Waals surface area contributed by atoms with Crippen LogP contribution in [0.25, 0.3) is 0 Å². The Balaban J connectivity index is 1.62. The molecule has 0 aromatic heterocycles. The maximum Gasteiger partial charge on any atom is 0.275 e. The number of imide groups is 1. The zero-order valence-electron chi connectivity index (χ0n) is 19.8. The van der Waals surface area contributed by atoms with Gasteiger partial charge in [-0.2, -0.15) is 0 Å². The fourth-order valence-corrected chi connectivity index (χ4v) is 8.43. The van der Waals surface area contributed by atoms with Crippen molar-refractivity contribution in [1.29, 1.82) is 0 Å². The molecule has 5 rings (SSSR count). The van der Waals surface area contributed by atoms with Crippen LogP contribution in [0.5, 0.6) is 5.75 Å². The third-order valence-corrected chi connectivity index (χ3v) is 10.1. The predicted octanol–water partition coefficient (Wildman–Crippen LogP) is 5.25. The first kappa shape index (κ1) is 23.2. The number of hydrogen-bond acceptors (Lipinski definition) is 4. The average molecular weight is 490 g/mol. The lowest BCUT2D eigenvalue weighted by atomic mass is 10.2. The number of para-hydroxylation sites is 1. The highest BCUT2D eigenvalue weighted by Gasteiger charge is 2.56. The van der Waals surface area contributed by atoms with Gasteiger partial charge in [-0.05, 0) is 61.9 Å². The quantitative estimate of drug-likeness (QED) is 0.360. The summed E-state index contributed by atoms with van der Waals surface area (Å²) in [4.78, 5) is 28.1. The number of anilines is 3. The molecule has 2 aliphatic rings. The molecule has 0 saturated carbocycles. The number of ether oxygens (including phenoxy) is 1. The van der Waals surface area contributed by atoms with E-state index in [0.29, 0.717) is 24.5 Å². The molecule has 0 N–H and O–H groups in total. The van der Waals surface area contributed by atoms with E-state index in [1.165, 1.54) is 4.90 Å². The monoisotopic (exact) mass is 489 g/mol. The SMILES string of the molecule is COc1ccc(N2CCCN(c3ccc(C)cc3)P2(=O)C2CC(=O)N(c3ccccc3)C2=O)cc1. The van der Waals surface area contributed by atoms with E-state index in [-0.39, 0.29) is 12.3 Å². The summed E-state index contributed by atoms with van der Waals surface area (Å²) in [6.45, 7) is 3.06. The Bertz CT molecular complexity index is 1280. The minimum Gasteiger partial charge on any atom is -0.497 e. The van der Waals surface area contributed by atoms with Gasteiger partial charge in [0.15, 0.2) is 0 Å². The summed E-state index contributed by atoms with van der Waals surface area (Å²) in [6.07, 6.45) is 0.668. The standard InChI is InChI=1S/C27H28N3O4P/c1-20-9-11-21(12-10-20)28-17-6-18-29(22-13-15-24(34-2)16-14-22)35(28,33)25-19-26(31)30(27(25)32)23-7-4-3-5-8-23/h3-5,7-16,25H,6,17-19H2,1-2H3. The molecule has 0 aliphatic carbocycles. The lowest BCUT2D eigenvalue weighted by molar-refractivity contribution is -0.121. The third-order valence-electron chi connectivity index (χ3n) is 6.68. The molecule has 2 aliphatic heterocycles. The fraction of sp³-hybridized carbons (Fsp3) is 0.259. The highest BCUT2D eigenvalue weighted by Crippen LogP contribution is 2.64. The van der Waals surface area contributed by atoms with E-state index in [9.17, 15) is 9.59 Å². The van der Waals surface area contributed by atoms with Crippen molar-refractivity contribution in [3.63, 3.8) is 0 Å². The second kappa shape index (κ2) is 9.23. The van der Waals surface area contributed by atoms with Crippen LogP contribution in [0, 0.1) is 6.92 Å². The van der Waals surface area contributed by atoms with E-state index < -0.39 is 19.0 Å². The van der Waals surface area contributed by atoms with Gasteiger partial charge in [-0.25, -0.2) is 4.90 Å². The molecule has 0 spiro atoms. The van der Waals surface area contributed by atoms with Gasteiger partial charge in [0.2, 0.25) is 11.8 Å². The van der Waals surface area contributed by atoms with Crippen molar-refractivity contribution >= 4 is 36.3 Å². The number of nitrogens with zero attached hydrogens (tertiary/aromatic N) is 3. The molecule has 2 saturated heterocycles. The summed E-state index contributed by atoms with van der Waals surface area (Å²) in [5.41, 5.74) is 2.15. The minimum atomic E-state index is -3.60. The second-order valence-corrected chi connectivity index (χ2v) is 11.6. The molecular formula is C27H28N3O4P. The summed E-state index contributed by atoms with van der Waals surface area (Å²) < 4.78 is 24.3. The number of benzene rings is 3. The van der Waals surface area contributed by atoms with Crippen molar-refractivity contribution in [3.8, 4) is 5.75 Å². The van der Waals surface area contributed by atoms with Crippen LogP contribution in [0.2, 0.25) is 0 Å². The van der Waals surface area contributed by atoms with Crippen molar-refractivity contribution in [1.82, 2.24) is 0 Å². The van der Waals surface area contributed by atoms with Gasteiger partial charge in [0, 0.05) is 30.9 Å². The van der Waals surface area contributed by atoms with Crippen molar-refractivity contribution in [2.75, 3.05) is 34.4 Å². The lowest BCUT2D eigenvalue weighted by Crippen LogP contribution is -2.46. The topological polar surface area (TPSA) is 70.2 Å². The summed E-state index contributed by atoms with van der Waals surface area (Å²) in [5, 5.41) is 0. The van der Waals surface area contributed by atoms with Gasteiger partial charge in [0.05, 0.1) is 12.8 Å². The van der Waals surface area contributed by atoms with Gasteiger partial charge in [0.25, 0.3) is 7.44 Å². The van der Waals surface area contributed by atoms with E-state index in [4.69, 9.17) is 4.74 Å². The molecule has 2 fully saturated rings. The maximum absolute atomic E-state index is 15.3. The smallest absolute Gasteiger partial charge is 0.275 e. The van der Waals surface area contributed by atoms with Gasteiger partial charge in [0.1, 0.15) is 11.4 Å². The fourth-order valence-electron chi connectivity index (χ4n) is 4.91. The lowest BCUT2D eigenvalue weighted by Gasteiger charge is -2.47. The van der Waals surface area contributed by atoms with Crippen LogP contribution in [0.1, 0.15) is 18.4 Å². The van der Waals surface area contributed by atoms with E-state index in [2.05, 4.69) is 0 Å². The Morgan fingerprint density at radius 1 is 0.800 bits per heavy atom. The Morgan fingerprint density at radius 2 is 1.37 bits per heavy atom. The molecule has 2 heterocycles. The number of methoxy groups -OCH3 is 1. The molecule has 3 aromatic rings. The van der Waals surface area contributed by atoms with Crippen molar-refractivity contribution in [2.45, 2.75) is 25.4 Å². The first-order chi connectivity index (χ1) is 16.9. The number of aryl methyl sites for hydroxylation is 1. The highest BCUT2D eigenvalue weighted by molar-refractivity contribution is 7.69. The molecule has 3 aromatic carbocycles. The summed E-state index contributed by atoms with van der Waals surface area (Å²) >= 11 is 0. The van der Waals surface area contributed by atoms with Gasteiger partial charge in [-0.15, -0.1) is 0 Å². The largest absolute Gasteiger partial charge is 0.497 e. The highest BCUT2D eigenvalue weighted by atomic mass is 31.2. The van der Waals surface area contributed by atoms with Crippen LogP contribution in [-0.4, -0.2) is 37.7 Å².